The van der Waals surface area contributed by atoms with Gasteiger partial charge in [0, 0.05) is 38.0 Å². The molecule has 2 unspecified atom stereocenters. The van der Waals surface area contributed by atoms with Gasteiger partial charge in [0.2, 0.25) is 0 Å². The van der Waals surface area contributed by atoms with Crippen LogP contribution in [0.3, 0.4) is 0 Å². The summed E-state index contributed by atoms with van der Waals surface area (Å²) in [6.07, 6.45) is 3.91. The predicted molar refractivity (Wildman–Crippen MR) is 152 cm³/mol. The molecule has 11 nitrogen and oxygen atoms in total. The molecule has 0 amide bonds. The summed E-state index contributed by atoms with van der Waals surface area (Å²) < 4.78 is 29.7. The highest BCUT2D eigenvalue weighted by atomic mass is 16.7. The third-order valence-electron chi connectivity index (χ3n) is 9.79. The Morgan fingerprint density at radius 3 is 2.28 bits per heavy atom. The van der Waals surface area contributed by atoms with Gasteiger partial charge in [0.05, 0.1) is 5.60 Å². The lowest BCUT2D eigenvalue weighted by atomic mass is 9.55. The van der Waals surface area contributed by atoms with Crippen molar-refractivity contribution < 1.29 is 53.1 Å². The number of unbranched alkanes of at least 4 members (excludes halogenated alkanes) is 4. The maximum absolute atomic E-state index is 13.2. The summed E-state index contributed by atoms with van der Waals surface area (Å²) in [6, 6.07) is 0. The fourth-order valence-electron chi connectivity index (χ4n) is 7.33. The van der Waals surface area contributed by atoms with Crippen molar-refractivity contribution in [3.63, 3.8) is 0 Å². The van der Waals surface area contributed by atoms with Gasteiger partial charge in [-0.1, -0.05) is 51.7 Å². The van der Waals surface area contributed by atoms with Gasteiger partial charge in [-0.25, -0.2) is 4.79 Å². The largest absolute Gasteiger partial charge is 0.461 e. The van der Waals surface area contributed by atoms with E-state index in [0.717, 1.165) is 25.7 Å². The third-order valence-corrected chi connectivity index (χ3v) is 9.79. The number of epoxide rings is 1. The molecule has 4 rings (SSSR count). The van der Waals surface area contributed by atoms with E-state index in [0.29, 0.717) is 12.0 Å². The number of aliphatic hydroxyl groups excluding tert-OH is 1. The fraction of sp³-hybridized carbons (Fsp3) is 0.750. The molecule has 2 fully saturated rings. The van der Waals surface area contributed by atoms with Crippen molar-refractivity contribution in [3.8, 4) is 0 Å². The second-order valence-corrected chi connectivity index (χ2v) is 13.0. The zero-order chi connectivity index (χ0) is 32.0. The lowest BCUT2D eigenvalue weighted by Crippen LogP contribution is -2.67. The predicted octanol–water partition coefficient (Wildman–Crippen LogP) is 3.23. The highest BCUT2D eigenvalue weighted by Crippen LogP contribution is 2.65. The van der Waals surface area contributed by atoms with E-state index in [-0.39, 0.29) is 12.8 Å². The second kappa shape index (κ2) is 12.0. The molecule has 2 aliphatic heterocycles. The minimum Gasteiger partial charge on any atom is -0.461 e. The number of hydrogen-bond donors (Lipinski definition) is 2. The molecule has 2 saturated heterocycles. The van der Waals surface area contributed by atoms with Gasteiger partial charge < -0.3 is 33.9 Å². The van der Waals surface area contributed by atoms with Crippen LogP contribution in [0.1, 0.15) is 93.4 Å². The van der Waals surface area contributed by atoms with E-state index in [2.05, 4.69) is 6.92 Å². The van der Waals surface area contributed by atoms with Crippen molar-refractivity contribution in [2.75, 3.05) is 0 Å². The number of fused-ring (bicyclic) bond motifs is 1. The summed E-state index contributed by atoms with van der Waals surface area (Å²) in [7, 11) is 0. The average molecular weight is 607 g/mol. The van der Waals surface area contributed by atoms with E-state index in [1.165, 1.54) is 33.8 Å². The molecule has 10 atom stereocenters. The van der Waals surface area contributed by atoms with Gasteiger partial charge in [0.1, 0.15) is 24.4 Å². The van der Waals surface area contributed by atoms with E-state index in [9.17, 15) is 29.4 Å². The molecule has 4 aliphatic rings. The Balaban J connectivity index is 1.85. The number of carbonyl (C=O) groups excluding carboxylic acids is 4. The molecule has 0 aromatic heterocycles. The van der Waals surface area contributed by atoms with Crippen molar-refractivity contribution in [2.24, 2.45) is 11.3 Å². The Hall–Kier alpha value is -2.76. The van der Waals surface area contributed by atoms with E-state index < -0.39 is 82.5 Å². The third kappa shape index (κ3) is 5.76. The second-order valence-electron chi connectivity index (χ2n) is 13.0. The maximum atomic E-state index is 13.2. The average Bonchev–Trinajstić information content (AvgIpc) is 3.49. The normalized spacial score (nSPS) is 42.7. The Morgan fingerprint density at radius 2 is 1.67 bits per heavy atom. The van der Waals surface area contributed by atoms with Crippen molar-refractivity contribution >= 4 is 23.9 Å². The highest BCUT2D eigenvalue weighted by molar-refractivity contribution is 5.89. The Labute approximate surface area is 252 Å². The fourth-order valence-corrected chi connectivity index (χ4v) is 7.33. The molecule has 2 aliphatic carbocycles. The number of hydrogen-bond acceptors (Lipinski definition) is 11. The maximum Gasteiger partial charge on any atom is 0.342 e. The number of rotatable bonds is 9. The van der Waals surface area contributed by atoms with E-state index in [4.69, 9.17) is 23.7 Å². The molecule has 1 spiro atoms. The zero-order valence-electron chi connectivity index (χ0n) is 26.2. The quantitative estimate of drug-likeness (QED) is 0.130. The van der Waals surface area contributed by atoms with Gasteiger partial charge in [-0.3, -0.25) is 14.4 Å². The smallest absolute Gasteiger partial charge is 0.342 e. The van der Waals surface area contributed by atoms with Crippen molar-refractivity contribution in [2.45, 2.75) is 141 Å². The van der Waals surface area contributed by atoms with Crippen molar-refractivity contribution in [1.29, 1.82) is 0 Å². The first kappa shape index (κ1) is 33.1. The number of carbonyl (C=O) groups is 4. The SMILES string of the molecule is CCCCCCCC(=O)OC1C[C@H](OC(C)=O)[C@@]2(C)C=C[C@H](O)[C@](C)(O)[C@@H]2C(OC(C)=O)[C@]23O[C@@]2(C)C(=O)O[C@H]3/C=C\1C. The van der Waals surface area contributed by atoms with Crippen LogP contribution in [0.4, 0.5) is 0 Å². The van der Waals surface area contributed by atoms with Crippen LogP contribution in [0.5, 0.6) is 0 Å². The van der Waals surface area contributed by atoms with Crippen LogP contribution in [0.15, 0.2) is 23.8 Å². The van der Waals surface area contributed by atoms with Gasteiger partial charge in [-0.15, -0.1) is 0 Å². The lowest BCUT2D eigenvalue weighted by molar-refractivity contribution is -0.215. The molecular weight excluding hydrogens is 560 g/mol. The van der Waals surface area contributed by atoms with Crippen LogP contribution in [0, 0.1) is 11.3 Å². The highest BCUT2D eigenvalue weighted by Gasteiger charge is 2.87. The van der Waals surface area contributed by atoms with Gasteiger partial charge in [0.15, 0.2) is 17.3 Å². The summed E-state index contributed by atoms with van der Waals surface area (Å²) in [5, 5.41) is 22.9. The molecule has 2 heterocycles. The monoisotopic (exact) mass is 606 g/mol. The van der Waals surface area contributed by atoms with Crippen LogP contribution >= 0.6 is 0 Å². The van der Waals surface area contributed by atoms with Crippen molar-refractivity contribution in [1.82, 2.24) is 0 Å². The van der Waals surface area contributed by atoms with Gasteiger partial charge in [-0.2, -0.15) is 0 Å². The van der Waals surface area contributed by atoms with E-state index in [1.807, 2.05) is 0 Å². The van der Waals surface area contributed by atoms with Crippen LogP contribution in [0.25, 0.3) is 0 Å². The Bertz CT molecular complexity index is 1190. The van der Waals surface area contributed by atoms with Crippen molar-refractivity contribution in [3.05, 3.63) is 23.8 Å². The van der Waals surface area contributed by atoms with E-state index in [1.54, 1.807) is 26.0 Å². The molecule has 0 saturated carbocycles. The first-order valence-corrected chi connectivity index (χ1v) is 15.3. The molecule has 43 heavy (non-hydrogen) atoms. The van der Waals surface area contributed by atoms with Crippen LogP contribution in [-0.2, 0) is 42.9 Å². The number of esters is 4. The summed E-state index contributed by atoms with van der Waals surface area (Å²) in [5.41, 5.74) is -5.84. The molecule has 0 aromatic rings. The summed E-state index contributed by atoms with van der Waals surface area (Å²) in [4.78, 5) is 51.3. The van der Waals surface area contributed by atoms with Crippen LogP contribution in [0.2, 0.25) is 0 Å². The van der Waals surface area contributed by atoms with Gasteiger partial charge in [0.25, 0.3) is 0 Å². The number of aliphatic hydroxyl groups is 2. The molecule has 240 valence electrons. The zero-order valence-corrected chi connectivity index (χ0v) is 26.2. The topological polar surface area (TPSA) is 158 Å². The molecule has 0 aromatic carbocycles. The van der Waals surface area contributed by atoms with Crippen LogP contribution in [-0.4, -0.2) is 81.4 Å². The van der Waals surface area contributed by atoms with Gasteiger partial charge in [-0.05, 0) is 38.8 Å². The van der Waals surface area contributed by atoms with Crippen LogP contribution < -0.4 is 0 Å². The first-order chi connectivity index (χ1) is 20.0. The first-order valence-electron chi connectivity index (χ1n) is 15.3. The molecule has 2 N–H and O–H groups in total. The molecule has 0 radical (unpaired) electrons. The molecule has 0 bridgehead atoms. The summed E-state index contributed by atoms with van der Waals surface area (Å²) in [5.74, 6) is -3.59. The number of ether oxygens (including phenoxy) is 5. The molecule has 11 heteroatoms. The standard InChI is InChI=1S/C32H46O11/c1-8-9-10-11-12-13-25(36)41-21-17-23(39-19(3)33)29(5)15-14-22(35)30(6,38)26(29)27(40-20(4)34)32-24(16-18(21)2)42-28(37)31(32,7)43-32/h14-16,21-24,26-27,35,38H,8-13,17H2,1-7H3/b18-16-/t21?,22-,23-,24-,26+,27?,29+,30-,31-,32-/m0/s1. The minimum atomic E-state index is -1.96. The van der Waals surface area contributed by atoms with Gasteiger partial charge >= 0.3 is 23.9 Å². The summed E-state index contributed by atoms with van der Waals surface area (Å²) in [6.45, 7) is 10.9. The molecular formula is C32H46O11. The van der Waals surface area contributed by atoms with E-state index >= 15 is 0 Å². The minimum absolute atomic E-state index is 0.00835. The Kier molecular flexibility index (Phi) is 9.22. The lowest BCUT2D eigenvalue weighted by Gasteiger charge is -2.54. The summed E-state index contributed by atoms with van der Waals surface area (Å²) >= 11 is 0. The Morgan fingerprint density at radius 1 is 1.02 bits per heavy atom.